The van der Waals surface area contributed by atoms with Crippen LogP contribution in [0.15, 0.2) is 29.4 Å². The second-order valence-corrected chi connectivity index (χ2v) is 7.25. The van der Waals surface area contributed by atoms with Crippen molar-refractivity contribution in [1.29, 1.82) is 0 Å². The maximum atomic E-state index is 12.7. The highest BCUT2D eigenvalue weighted by Gasteiger charge is 2.15. The molecule has 1 amide bonds. The SMILES string of the molecule is C#CCn1c(=NC(=O)c2ccnn2C(C)C)sc2c(C)cc(C)cc21. The Balaban J connectivity index is 2.20. The number of nitrogens with zero attached hydrogens (tertiary/aromatic N) is 4. The van der Waals surface area contributed by atoms with Crippen LogP contribution in [0.3, 0.4) is 0 Å². The van der Waals surface area contributed by atoms with Crippen molar-refractivity contribution in [1.82, 2.24) is 14.3 Å². The zero-order chi connectivity index (χ0) is 18.1. The van der Waals surface area contributed by atoms with Gasteiger partial charge in [0.15, 0.2) is 4.80 Å². The van der Waals surface area contributed by atoms with Gasteiger partial charge in [-0.3, -0.25) is 9.48 Å². The van der Waals surface area contributed by atoms with Crippen LogP contribution in [-0.4, -0.2) is 20.3 Å². The van der Waals surface area contributed by atoms with Gasteiger partial charge in [0.25, 0.3) is 5.91 Å². The van der Waals surface area contributed by atoms with Gasteiger partial charge in [-0.15, -0.1) is 6.42 Å². The lowest BCUT2D eigenvalue weighted by Crippen LogP contribution is -2.18. The minimum atomic E-state index is -0.307. The average molecular weight is 352 g/mol. The Morgan fingerprint density at radius 3 is 2.84 bits per heavy atom. The first kappa shape index (κ1) is 17.2. The van der Waals surface area contributed by atoms with Gasteiger partial charge in [0.1, 0.15) is 5.69 Å². The van der Waals surface area contributed by atoms with Gasteiger partial charge < -0.3 is 4.57 Å². The Kier molecular flexibility index (Phi) is 4.60. The van der Waals surface area contributed by atoms with Gasteiger partial charge in [0.05, 0.1) is 16.8 Å². The molecule has 128 valence electrons. The van der Waals surface area contributed by atoms with E-state index in [1.165, 1.54) is 11.3 Å². The van der Waals surface area contributed by atoms with Crippen molar-refractivity contribution in [3.8, 4) is 12.3 Å². The van der Waals surface area contributed by atoms with E-state index in [9.17, 15) is 4.79 Å². The van der Waals surface area contributed by atoms with Gasteiger partial charge in [-0.2, -0.15) is 10.1 Å². The zero-order valence-electron chi connectivity index (χ0n) is 14.8. The summed E-state index contributed by atoms with van der Waals surface area (Å²) in [5.74, 6) is 2.35. The van der Waals surface area contributed by atoms with E-state index in [2.05, 4.69) is 35.1 Å². The molecule has 0 saturated carbocycles. The molecule has 0 unspecified atom stereocenters. The summed E-state index contributed by atoms with van der Waals surface area (Å²) in [6, 6.07) is 5.99. The topological polar surface area (TPSA) is 52.2 Å². The molecular weight excluding hydrogens is 332 g/mol. The lowest BCUT2D eigenvalue weighted by molar-refractivity contribution is 0.0986. The minimum absolute atomic E-state index is 0.0919. The quantitative estimate of drug-likeness (QED) is 0.678. The summed E-state index contributed by atoms with van der Waals surface area (Å²) in [6.45, 7) is 8.44. The average Bonchev–Trinajstić information content (AvgIpc) is 3.14. The number of hydrogen-bond donors (Lipinski definition) is 0. The molecule has 3 aromatic rings. The fourth-order valence-corrected chi connectivity index (χ4v) is 3.96. The number of aromatic nitrogens is 3. The van der Waals surface area contributed by atoms with Crippen molar-refractivity contribution < 1.29 is 4.79 Å². The van der Waals surface area contributed by atoms with E-state index >= 15 is 0 Å². The monoisotopic (exact) mass is 352 g/mol. The summed E-state index contributed by atoms with van der Waals surface area (Å²) in [5, 5.41) is 4.21. The second-order valence-electron chi connectivity index (χ2n) is 6.28. The summed E-state index contributed by atoms with van der Waals surface area (Å²) >= 11 is 1.49. The number of terminal acetylenes is 1. The van der Waals surface area contributed by atoms with Crippen LogP contribution in [-0.2, 0) is 6.54 Å². The molecule has 0 N–H and O–H groups in total. The number of carbonyl (C=O) groups excluding carboxylic acids is 1. The van der Waals surface area contributed by atoms with Crippen molar-refractivity contribution >= 4 is 27.5 Å². The number of carbonyl (C=O) groups is 1. The third-order valence-corrected chi connectivity index (χ3v) is 5.17. The Labute approximate surface area is 150 Å². The molecule has 0 spiro atoms. The predicted molar refractivity (Wildman–Crippen MR) is 101 cm³/mol. The van der Waals surface area contributed by atoms with E-state index in [0.717, 1.165) is 21.3 Å². The largest absolute Gasteiger partial charge is 0.305 e. The number of fused-ring (bicyclic) bond motifs is 1. The van der Waals surface area contributed by atoms with Crippen molar-refractivity contribution in [2.75, 3.05) is 0 Å². The molecular formula is C19H20N4OS. The smallest absolute Gasteiger partial charge is 0.297 e. The molecule has 0 radical (unpaired) electrons. The third-order valence-electron chi connectivity index (χ3n) is 3.94. The van der Waals surface area contributed by atoms with E-state index in [1.54, 1.807) is 16.9 Å². The highest BCUT2D eigenvalue weighted by molar-refractivity contribution is 7.16. The van der Waals surface area contributed by atoms with Crippen LogP contribution in [0.1, 0.15) is 41.5 Å². The summed E-state index contributed by atoms with van der Waals surface area (Å²) in [6.07, 6.45) is 7.16. The van der Waals surface area contributed by atoms with Crippen molar-refractivity contribution in [3.05, 3.63) is 46.0 Å². The fraction of sp³-hybridized carbons (Fsp3) is 0.316. The Hall–Kier alpha value is -2.65. The van der Waals surface area contributed by atoms with E-state index in [-0.39, 0.29) is 11.9 Å². The molecule has 1 aromatic carbocycles. The minimum Gasteiger partial charge on any atom is -0.305 e. The number of amides is 1. The van der Waals surface area contributed by atoms with Crippen molar-refractivity contribution in [2.45, 2.75) is 40.3 Å². The van der Waals surface area contributed by atoms with E-state index in [4.69, 9.17) is 6.42 Å². The predicted octanol–water partition coefficient (Wildman–Crippen LogP) is 3.47. The molecule has 0 fully saturated rings. The highest BCUT2D eigenvalue weighted by atomic mass is 32.1. The van der Waals surface area contributed by atoms with Crippen LogP contribution < -0.4 is 4.80 Å². The maximum absolute atomic E-state index is 12.7. The van der Waals surface area contributed by atoms with Crippen LogP contribution >= 0.6 is 11.3 Å². The molecule has 0 aliphatic heterocycles. The summed E-state index contributed by atoms with van der Waals surface area (Å²) in [5.41, 5.74) is 3.81. The molecule has 0 bridgehead atoms. The van der Waals surface area contributed by atoms with Gasteiger partial charge in [-0.1, -0.05) is 23.3 Å². The molecule has 0 aliphatic rings. The number of rotatable bonds is 3. The van der Waals surface area contributed by atoms with Gasteiger partial charge in [-0.05, 0) is 51.0 Å². The van der Waals surface area contributed by atoms with Crippen molar-refractivity contribution in [3.63, 3.8) is 0 Å². The highest BCUT2D eigenvalue weighted by Crippen LogP contribution is 2.23. The normalized spacial score (nSPS) is 12.1. The second kappa shape index (κ2) is 6.69. The molecule has 0 atom stereocenters. The first-order valence-corrected chi connectivity index (χ1v) is 8.90. The van der Waals surface area contributed by atoms with E-state index in [0.29, 0.717) is 17.0 Å². The summed E-state index contributed by atoms with van der Waals surface area (Å²) in [7, 11) is 0. The van der Waals surface area contributed by atoms with Crippen LogP contribution in [0.25, 0.3) is 10.2 Å². The maximum Gasteiger partial charge on any atom is 0.297 e. The molecule has 6 heteroatoms. The lowest BCUT2D eigenvalue weighted by Gasteiger charge is -2.07. The molecule has 3 rings (SSSR count). The molecule has 5 nitrogen and oxygen atoms in total. The van der Waals surface area contributed by atoms with Crippen LogP contribution in [0.5, 0.6) is 0 Å². The Morgan fingerprint density at radius 1 is 1.40 bits per heavy atom. The Bertz CT molecular complexity index is 1060. The Morgan fingerprint density at radius 2 is 2.16 bits per heavy atom. The number of aryl methyl sites for hydroxylation is 2. The summed E-state index contributed by atoms with van der Waals surface area (Å²) < 4.78 is 4.71. The number of hydrogen-bond acceptors (Lipinski definition) is 3. The third kappa shape index (κ3) is 3.15. The molecule has 0 aliphatic carbocycles. The fourth-order valence-electron chi connectivity index (χ4n) is 2.88. The molecule has 2 aromatic heterocycles. The number of benzene rings is 1. The first-order chi connectivity index (χ1) is 11.9. The number of thiazole rings is 1. The van der Waals surface area contributed by atoms with E-state index in [1.807, 2.05) is 25.3 Å². The van der Waals surface area contributed by atoms with Crippen LogP contribution in [0, 0.1) is 26.2 Å². The summed E-state index contributed by atoms with van der Waals surface area (Å²) in [4.78, 5) is 17.7. The van der Waals surface area contributed by atoms with Crippen LogP contribution in [0.4, 0.5) is 0 Å². The lowest BCUT2D eigenvalue weighted by atomic mass is 10.1. The van der Waals surface area contributed by atoms with Crippen molar-refractivity contribution in [2.24, 2.45) is 4.99 Å². The standard InChI is InChI=1S/C19H20N4OS/c1-6-9-22-16-11-13(4)10-14(5)17(16)25-19(22)21-18(24)15-7-8-20-23(15)12(2)3/h1,7-8,10-12H,9H2,2-5H3. The van der Waals surface area contributed by atoms with Gasteiger partial charge in [-0.25, -0.2) is 0 Å². The van der Waals surface area contributed by atoms with E-state index < -0.39 is 0 Å². The van der Waals surface area contributed by atoms with Gasteiger partial charge >= 0.3 is 0 Å². The molecule has 2 heterocycles. The van der Waals surface area contributed by atoms with Crippen LogP contribution in [0.2, 0.25) is 0 Å². The zero-order valence-corrected chi connectivity index (χ0v) is 15.6. The molecule has 0 saturated heterocycles. The molecule has 25 heavy (non-hydrogen) atoms. The van der Waals surface area contributed by atoms with Gasteiger partial charge in [0, 0.05) is 12.2 Å². The van der Waals surface area contributed by atoms with Gasteiger partial charge in [0.2, 0.25) is 0 Å². The first-order valence-electron chi connectivity index (χ1n) is 8.09.